The van der Waals surface area contributed by atoms with Gasteiger partial charge in [0.05, 0.1) is 27.7 Å². The van der Waals surface area contributed by atoms with Crippen LogP contribution in [-0.2, 0) is 21.2 Å². The third-order valence-corrected chi connectivity index (χ3v) is 8.18. The second-order valence-corrected chi connectivity index (χ2v) is 10.5. The van der Waals surface area contributed by atoms with Crippen LogP contribution < -0.4 is 10.1 Å². The lowest BCUT2D eigenvalue weighted by Crippen LogP contribution is -2.30. The number of aromatic nitrogens is 1. The van der Waals surface area contributed by atoms with Crippen molar-refractivity contribution >= 4 is 33.0 Å². The maximum atomic E-state index is 13.0. The van der Waals surface area contributed by atoms with E-state index in [1.807, 2.05) is 23.6 Å². The van der Waals surface area contributed by atoms with Crippen LogP contribution in [0.3, 0.4) is 0 Å². The zero-order chi connectivity index (χ0) is 24.0. The third-order valence-electron chi connectivity index (χ3n) is 4.94. The minimum absolute atomic E-state index is 0.0843. The SMILES string of the molecule is CCN(CC)S(=O)(=O)c1ccc(Oc2ccccc2)c(NC(=O)Cc2csc(C(C)C)n2)c1. The quantitative estimate of drug-likeness (QED) is 0.421. The topological polar surface area (TPSA) is 88.6 Å². The Kier molecular flexibility index (Phi) is 8.23. The number of ether oxygens (including phenoxy) is 1. The first-order valence-electron chi connectivity index (χ1n) is 10.9. The number of para-hydroxylation sites is 1. The molecule has 0 aliphatic carbocycles. The van der Waals surface area contributed by atoms with Crippen LogP contribution in [0.15, 0.2) is 58.8 Å². The number of hydrogen-bond donors (Lipinski definition) is 1. The van der Waals surface area contributed by atoms with E-state index in [1.54, 1.807) is 32.0 Å². The fourth-order valence-corrected chi connectivity index (χ4v) is 5.53. The predicted molar refractivity (Wildman–Crippen MR) is 132 cm³/mol. The standard InChI is InChI=1S/C24H29N3O4S2/c1-5-27(6-2)33(29,30)20-12-13-22(31-19-10-8-7-9-11-19)21(15-20)26-23(28)14-18-16-32-24(25-18)17(3)4/h7-13,15-17H,5-6,14H2,1-4H3,(H,26,28). The van der Waals surface area contributed by atoms with E-state index in [2.05, 4.69) is 24.1 Å². The number of benzene rings is 2. The lowest BCUT2D eigenvalue weighted by molar-refractivity contribution is -0.115. The van der Waals surface area contributed by atoms with Crippen molar-refractivity contribution in [3.8, 4) is 11.5 Å². The van der Waals surface area contributed by atoms with Gasteiger partial charge in [-0.25, -0.2) is 13.4 Å². The van der Waals surface area contributed by atoms with E-state index in [0.29, 0.717) is 36.2 Å². The number of hydrogen-bond acceptors (Lipinski definition) is 6. The second-order valence-electron chi connectivity index (χ2n) is 7.72. The molecule has 3 rings (SSSR count). The van der Waals surface area contributed by atoms with Crippen molar-refractivity contribution in [3.63, 3.8) is 0 Å². The Bertz CT molecular complexity index is 1190. The molecule has 0 bridgehead atoms. The Morgan fingerprint density at radius 1 is 1.12 bits per heavy atom. The molecule has 3 aromatic rings. The van der Waals surface area contributed by atoms with Gasteiger partial charge in [0, 0.05) is 24.4 Å². The van der Waals surface area contributed by atoms with Gasteiger partial charge in [0.2, 0.25) is 15.9 Å². The minimum atomic E-state index is -3.70. The van der Waals surface area contributed by atoms with Gasteiger partial charge in [0.25, 0.3) is 0 Å². The molecule has 1 heterocycles. The number of rotatable bonds is 10. The normalized spacial score (nSPS) is 11.7. The van der Waals surface area contributed by atoms with Crippen LogP contribution in [0.1, 0.15) is 44.3 Å². The van der Waals surface area contributed by atoms with Crippen LogP contribution in [0, 0.1) is 0 Å². The molecule has 2 aromatic carbocycles. The molecule has 7 nitrogen and oxygen atoms in total. The molecule has 1 N–H and O–H groups in total. The summed E-state index contributed by atoms with van der Waals surface area (Å²) in [5.74, 6) is 0.924. The maximum absolute atomic E-state index is 13.0. The van der Waals surface area contributed by atoms with Crippen LogP contribution in [0.25, 0.3) is 0 Å². The Hall–Kier alpha value is -2.75. The van der Waals surface area contributed by atoms with Crippen molar-refractivity contribution in [3.05, 3.63) is 64.6 Å². The summed E-state index contributed by atoms with van der Waals surface area (Å²) in [6, 6.07) is 13.6. The first-order chi connectivity index (χ1) is 15.7. The van der Waals surface area contributed by atoms with Gasteiger partial charge in [0.1, 0.15) is 5.75 Å². The van der Waals surface area contributed by atoms with Gasteiger partial charge in [-0.15, -0.1) is 11.3 Å². The van der Waals surface area contributed by atoms with E-state index in [1.165, 1.54) is 27.8 Å². The van der Waals surface area contributed by atoms with Gasteiger partial charge in [-0.2, -0.15) is 4.31 Å². The molecule has 0 radical (unpaired) electrons. The van der Waals surface area contributed by atoms with Crippen molar-refractivity contribution in [2.75, 3.05) is 18.4 Å². The van der Waals surface area contributed by atoms with Gasteiger partial charge < -0.3 is 10.1 Å². The summed E-state index contributed by atoms with van der Waals surface area (Å²) in [5.41, 5.74) is 0.968. The number of carbonyl (C=O) groups is 1. The Morgan fingerprint density at radius 2 is 1.82 bits per heavy atom. The third kappa shape index (κ3) is 6.19. The van der Waals surface area contributed by atoms with Crippen LogP contribution in [0.2, 0.25) is 0 Å². The highest BCUT2D eigenvalue weighted by Gasteiger charge is 2.24. The Balaban J connectivity index is 1.91. The number of amides is 1. The highest BCUT2D eigenvalue weighted by molar-refractivity contribution is 7.89. The number of sulfonamides is 1. The average Bonchev–Trinajstić information content (AvgIpc) is 3.25. The molecular formula is C24H29N3O4S2. The predicted octanol–water partition coefficient (Wildman–Crippen LogP) is 5.27. The summed E-state index contributed by atoms with van der Waals surface area (Å²) in [6.45, 7) is 8.39. The lowest BCUT2D eigenvalue weighted by atomic mass is 10.2. The first kappa shape index (κ1) is 24.9. The molecule has 0 saturated carbocycles. The summed E-state index contributed by atoms with van der Waals surface area (Å²) in [4.78, 5) is 17.4. The molecule has 0 aliphatic heterocycles. The van der Waals surface area contributed by atoms with Gasteiger partial charge in [-0.3, -0.25) is 4.79 Å². The van der Waals surface area contributed by atoms with E-state index in [4.69, 9.17) is 4.74 Å². The molecular weight excluding hydrogens is 458 g/mol. The molecule has 176 valence electrons. The fourth-order valence-electron chi connectivity index (χ4n) is 3.21. The largest absolute Gasteiger partial charge is 0.455 e. The van der Waals surface area contributed by atoms with Crippen LogP contribution >= 0.6 is 11.3 Å². The van der Waals surface area contributed by atoms with Crippen molar-refractivity contribution in [1.29, 1.82) is 0 Å². The molecule has 0 unspecified atom stereocenters. The lowest BCUT2D eigenvalue weighted by Gasteiger charge is -2.20. The van der Waals surface area contributed by atoms with Crippen LogP contribution in [-0.4, -0.2) is 36.7 Å². The van der Waals surface area contributed by atoms with E-state index in [-0.39, 0.29) is 22.9 Å². The Morgan fingerprint density at radius 3 is 2.42 bits per heavy atom. The van der Waals surface area contributed by atoms with Gasteiger partial charge in [-0.05, 0) is 30.3 Å². The van der Waals surface area contributed by atoms with Crippen LogP contribution in [0.5, 0.6) is 11.5 Å². The van der Waals surface area contributed by atoms with Crippen molar-refractivity contribution < 1.29 is 17.9 Å². The summed E-state index contributed by atoms with van der Waals surface area (Å²) in [6.07, 6.45) is 0.0843. The number of nitrogens with one attached hydrogen (secondary N) is 1. The first-order valence-corrected chi connectivity index (χ1v) is 13.2. The summed E-state index contributed by atoms with van der Waals surface area (Å²) < 4.78 is 33.4. The summed E-state index contributed by atoms with van der Waals surface area (Å²) >= 11 is 1.52. The zero-order valence-electron chi connectivity index (χ0n) is 19.2. The van der Waals surface area contributed by atoms with E-state index >= 15 is 0 Å². The highest BCUT2D eigenvalue weighted by atomic mass is 32.2. The summed E-state index contributed by atoms with van der Waals surface area (Å²) in [5, 5.41) is 5.67. The van der Waals surface area contributed by atoms with Crippen molar-refractivity contribution in [2.45, 2.75) is 44.9 Å². The molecule has 0 aliphatic rings. The minimum Gasteiger partial charge on any atom is -0.455 e. The Labute approximate surface area is 199 Å². The molecule has 1 aromatic heterocycles. The van der Waals surface area contributed by atoms with Gasteiger partial charge >= 0.3 is 0 Å². The summed E-state index contributed by atoms with van der Waals surface area (Å²) in [7, 11) is -3.70. The van der Waals surface area contributed by atoms with E-state index < -0.39 is 10.0 Å². The maximum Gasteiger partial charge on any atom is 0.243 e. The monoisotopic (exact) mass is 487 g/mol. The average molecular weight is 488 g/mol. The number of carbonyl (C=O) groups excluding carboxylic acids is 1. The number of thiazole rings is 1. The molecule has 33 heavy (non-hydrogen) atoms. The zero-order valence-corrected chi connectivity index (χ0v) is 20.9. The second kappa shape index (κ2) is 10.9. The van der Waals surface area contributed by atoms with E-state index in [0.717, 1.165) is 5.01 Å². The number of nitrogens with zero attached hydrogens (tertiary/aromatic N) is 2. The fraction of sp³-hybridized carbons (Fsp3) is 0.333. The van der Waals surface area contributed by atoms with Gasteiger partial charge in [-0.1, -0.05) is 45.9 Å². The molecule has 0 fully saturated rings. The molecule has 0 atom stereocenters. The molecule has 0 spiro atoms. The highest BCUT2D eigenvalue weighted by Crippen LogP contribution is 2.33. The van der Waals surface area contributed by atoms with Crippen molar-refractivity contribution in [1.82, 2.24) is 9.29 Å². The number of anilines is 1. The molecule has 9 heteroatoms. The molecule has 0 saturated heterocycles. The van der Waals surface area contributed by atoms with Gasteiger partial charge in [0.15, 0.2) is 5.75 Å². The van der Waals surface area contributed by atoms with E-state index in [9.17, 15) is 13.2 Å². The molecule has 1 amide bonds. The van der Waals surface area contributed by atoms with Crippen LogP contribution in [0.4, 0.5) is 5.69 Å². The van der Waals surface area contributed by atoms with Crippen molar-refractivity contribution in [2.24, 2.45) is 0 Å². The smallest absolute Gasteiger partial charge is 0.243 e.